The Hall–Kier alpha value is -2.17. The summed E-state index contributed by atoms with van der Waals surface area (Å²) >= 11 is 0. The van der Waals surface area contributed by atoms with Gasteiger partial charge in [-0.2, -0.15) is 4.31 Å². The maximum absolute atomic E-state index is 13.5. The largest absolute Gasteiger partial charge is 0.478 e. The van der Waals surface area contributed by atoms with Crippen molar-refractivity contribution in [1.82, 2.24) is 14.5 Å². The van der Waals surface area contributed by atoms with E-state index < -0.39 is 16.1 Å². The van der Waals surface area contributed by atoms with Crippen molar-refractivity contribution in [2.24, 2.45) is 5.92 Å². The molecule has 182 valence electrons. The number of benzene rings is 1. The van der Waals surface area contributed by atoms with E-state index in [1.807, 2.05) is 6.92 Å². The molecule has 0 aromatic heterocycles. The first-order chi connectivity index (χ1) is 15.8. The highest BCUT2D eigenvalue weighted by molar-refractivity contribution is 7.89. The quantitative estimate of drug-likeness (QED) is 0.618. The summed E-state index contributed by atoms with van der Waals surface area (Å²) in [5, 5.41) is 5.79. The van der Waals surface area contributed by atoms with Gasteiger partial charge in [-0.1, -0.05) is 6.92 Å². The molecule has 1 aromatic carbocycles. The van der Waals surface area contributed by atoms with Gasteiger partial charge >= 0.3 is 0 Å². The maximum atomic E-state index is 13.5. The van der Waals surface area contributed by atoms with Crippen LogP contribution in [0.2, 0.25) is 0 Å². The molecule has 3 aliphatic heterocycles. The molecule has 33 heavy (non-hydrogen) atoms. The van der Waals surface area contributed by atoms with E-state index in [-0.39, 0.29) is 29.2 Å². The van der Waals surface area contributed by atoms with Gasteiger partial charge in [0.15, 0.2) is 6.10 Å². The second-order valence-corrected chi connectivity index (χ2v) is 11.1. The second-order valence-electron chi connectivity index (χ2n) is 9.16. The molecule has 10 heteroatoms. The second kappa shape index (κ2) is 9.99. The molecule has 0 saturated carbocycles. The SMILES string of the molecule is CC[C@H]1Oc2cc(S(=O)(=O)N3CCC[C@@H](C(=O)NCCN4CCCC4)C3)c(C)cc2NC1=O. The number of ether oxygens (including phenoxy) is 1. The van der Waals surface area contributed by atoms with Crippen molar-refractivity contribution in [2.75, 3.05) is 44.6 Å². The van der Waals surface area contributed by atoms with E-state index in [1.54, 1.807) is 13.0 Å². The zero-order valence-corrected chi connectivity index (χ0v) is 20.2. The zero-order chi connectivity index (χ0) is 23.6. The first-order valence-corrected chi connectivity index (χ1v) is 13.4. The van der Waals surface area contributed by atoms with Crippen molar-refractivity contribution in [3.05, 3.63) is 17.7 Å². The van der Waals surface area contributed by atoms with Crippen LogP contribution < -0.4 is 15.4 Å². The van der Waals surface area contributed by atoms with Crippen LogP contribution in [0.25, 0.3) is 0 Å². The van der Waals surface area contributed by atoms with Crippen molar-refractivity contribution in [1.29, 1.82) is 0 Å². The third-order valence-electron chi connectivity index (χ3n) is 6.77. The fraction of sp³-hybridized carbons (Fsp3) is 0.652. The molecule has 2 amide bonds. The number of nitrogens with zero attached hydrogens (tertiary/aromatic N) is 2. The Morgan fingerprint density at radius 1 is 1.21 bits per heavy atom. The summed E-state index contributed by atoms with van der Waals surface area (Å²) in [6, 6.07) is 3.14. The van der Waals surface area contributed by atoms with Gasteiger partial charge in [-0.15, -0.1) is 0 Å². The Morgan fingerprint density at radius 3 is 2.70 bits per heavy atom. The van der Waals surface area contributed by atoms with Gasteiger partial charge < -0.3 is 20.3 Å². The minimum atomic E-state index is -3.81. The first-order valence-electron chi connectivity index (χ1n) is 11.9. The number of anilines is 1. The standard InChI is InChI=1S/C23H34N4O5S/c1-3-19-23(29)25-18-13-16(2)21(14-20(18)32-19)33(30,31)27-11-6-7-17(15-27)22(28)24-8-12-26-9-4-5-10-26/h13-14,17,19H,3-12,15H2,1-2H3,(H,24,28)(H,25,29)/t17-,19-/m1/s1. The Labute approximate surface area is 195 Å². The molecule has 0 bridgehead atoms. The number of likely N-dealkylation sites (tertiary alicyclic amines) is 1. The van der Waals surface area contributed by atoms with Gasteiger partial charge in [0.05, 0.1) is 16.5 Å². The van der Waals surface area contributed by atoms with Crippen LogP contribution in [0.3, 0.4) is 0 Å². The summed E-state index contributed by atoms with van der Waals surface area (Å²) in [7, 11) is -3.81. The number of sulfonamides is 1. The number of amides is 2. The molecule has 1 aromatic rings. The molecule has 0 aliphatic carbocycles. The molecule has 0 unspecified atom stereocenters. The molecular weight excluding hydrogens is 444 g/mol. The number of aryl methyl sites for hydroxylation is 1. The fourth-order valence-corrected chi connectivity index (χ4v) is 6.58. The number of hydrogen-bond acceptors (Lipinski definition) is 6. The molecule has 0 radical (unpaired) electrons. The Kier molecular flexibility index (Phi) is 7.25. The third-order valence-corrected chi connectivity index (χ3v) is 8.77. The molecule has 3 aliphatic rings. The van der Waals surface area contributed by atoms with Gasteiger partial charge in [0.25, 0.3) is 5.91 Å². The average Bonchev–Trinajstić information content (AvgIpc) is 3.31. The van der Waals surface area contributed by atoms with E-state index in [0.29, 0.717) is 49.4 Å². The monoisotopic (exact) mass is 478 g/mol. The van der Waals surface area contributed by atoms with Crippen LogP contribution in [-0.4, -0.2) is 74.8 Å². The van der Waals surface area contributed by atoms with Crippen LogP contribution in [0.1, 0.15) is 44.6 Å². The van der Waals surface area contributed by atoms with E-state index in [0.717, 1.165) is 19.6 Å². The molecular formula is C23H34N4O5S. The molecule has 2 atom stereocenters. The van der Waals surface area contributed by atoms with E-state index in [1.165, 1.54) is 23.2 Å². The van der Waals surface area contributed by atoms with E-state index in [9.17, 15) is 18.0 Å². The highest BCUT2D eigenvalue weighted by Gasteiger charge is 2.35. The molecule has 2 N–H and O–H groups in total. The number of rotatable bonds is 7. The normalized spacial score (nSPS) is 24.1. The number of carbonyl (C=O) groups excluding carboxylic acids is 2. The highest BCUT2D eigenvalue weighted by atomic mass is 32.2. The first kappa shape index (κ1) is 24.0. The molecule has 2 saturated heterocycles. The summed E-state index contributed by atoms with van der Waals surface area (Å²) in [5.41, 5.74) is 1.01. The van der Waals surface area contributed by atoms with Crippen LogP contribution in [0, 0.1) is 12.8 Å². The van der Waals surface area contributed by atoms with Crippen LogP contribution in [0.5, 0.6) is 5.75 Å². The summed E-state index contributed by atoms with van der Waals surface area (Å²) in [6.45, 7) is 7.69. The van der Waals surface area contributed by atoms with Crippen LogP contribution in [0.4, 0.5) is 5.69 Å². The molecule has 9 nitrogen and oxygen atoms in total. The predicted molar refractivity (Wildman–Crippen MR) is 125 cm³/mol. The number of nitrogens with one attached hydrogen (secondary N) is 2. The van der Waals surface area contributed by atoms with Gasteiger partial charge in [0, 0.05) is 32.2 Å². The van der Waals surface area contributed by atoms with E-state index in [4.69, 9.17) is 4.74 Å². The van der Waals surface area contributed by atoms with Crippen LogP contribution in [0.15, 0.2) is 17.0 Å². The van der Waals surface area contributed by atoms with Gasteiger partial charge in [0.2, 0.25) is 15.9 Å². The smallest absolute Gasteiger partial charge is 0.265 e. The lowest BCUT2D eigenvalue weighted by Gasteiger charge is -2.32. The lowest BCUT2D eigenvalue weighted by atomic mass is 9.99. The van der Waals surface area contributed by atoms with Gasteiger partial charge in [-0.3, -0.25) is 9.59 Å². The van der Waals surface area contributed by atoms with Gasteiger partial charge in [0.1, 0.15) is 5.75 Å². The van der Waals surface area contributed by atoms with Crippen molar-refractivity contribution in [2.45, 2.75) is 57.0 Å². The molecule has 2 fully saturated rings. The minimum Gasteiger partial charge on any atom is -0.478 e. The summed E-state index contributed by atoms with van der Waals surface area (Å²) < 4.78 is 34.2. The van der Waals surface area contributed by atoms with E-state index in [2.05, 4.69) is 15.5 Å². The van der Waals surface area contributed by atoms with Crippen molar-refractivity contribution in [3.63, 3.8) is 0 Å². The lowest BCUT2D eigenvalue weighted by molar-refractivity contribution is -0.126. The topological polar surface area (TPSA) is 108 Å². The highest BCUT2D eigenvalue weighted by Crippen LogP contribution is 2.36. The van der Waals surface area contributed by atoms with Gasteiger partial charge in [-0.25, -0.2) is 8.42 Å². The van der Waals surface area contributed by atoms with Crippen molar-refractivity contribution >= 4 is 27.5 Å². The minimum absolute atomic E-state index is 0.0758. The average molecular weight is 479 g/mol. The third kappa shape index (κ3) is 5.17. The lowest BCUT2D eigenvalue weighted by Crippen LogP contribution is -2.46. The number of piperidine rings is 1. The van der Waals surface area contributed by atoms with Gasteiger partial charge in [-0.05, 0) is 63.7 Å². The maximum Gasteiger partial charge on any atom is 0.265 e. The predicted octanol–water partition coefficient (Wildman–Crippen LogP) is 1.72. The molecule has 3 heterocycles. The van der Waals surface area contributed by atoms with Crippen molar-refractivity contribution < 1.29 is 22.7 Å². The molecule has 0 spiro atoms. The van der Waals surface area contributed by atoms with Crippen LogP contribution in [-0.2, 0) is 19.6 Å². The Morgan fingerprint density at radius 2 is 1.97 bits per heavy atom. The molecule has 4 rings (SSSR count). The Bertz CT molecular complexity index is 1010. The van der Waals surface area contributed by atoms with E-state index >= 15 is 0 Å². The Balaban J connectivity index is 1.44. The van der Waals surface area contributed by atoms with Crippen LogP contribution >= 0.6 is 0 Å². The number of hydrogen-bond donors (Lipinski definition) is 2. The summed E-state index contributed by atoms with van der Waals surface area (Å²) in [4.78, 5) is 27.3. The number of fused-ring (bicyclic) bond motifs is 1. The summed E-state index contributed by atoms with van der Waals surface area (Å²) in [6.07, 6.45) is 3.58. The number of carbonyl (C=O) groups is 2. The van der Waals surface area contributed by atoms with Crippen molar-refractivity contribution in [3.8, 4) is 5.75 Å². The summed E-state index contributed by atoms with van der Waals surface area (Å²) in [5.74, 6) is -0.299. The zero-order valence-electron chi connectivity index (χ0n) is 19.4. The fourth-order valence-electron chi connectivity index (χ4n) is 4.83.